The maximum absolute atomic E-state index is 11.6. The van der Waals surface area contributed by atoms with Crippen LogP contribution < -0.4 is 16.0 Å². The van der Waals surface area contributed by atoms with Crippen molar-refractivity contribution in [3.63, 3.8) is 0 Å². The molecule has 0 fully saturated rings. The zero-order chi connectivity index (χ0) is 15.6. The second-order valence-corrected chi connectivity index (χ2v) is 5.56. The topological polar surface area (TPSA) is 61.6 Å². The average Bonchev–Trinajstić information content (AvgIpc) is 2.46. The van der Waals surface area contributed by atoms with E-state index < -0.39 is 0 Å². The fourth-order valence-corrected chi connectivity index (χ4v) is 2.82. The van der Waals surface area contributed by atoms with Crippen molar-refractivity contribution < 1.29 is 4.79 Å². The van der Waals surface area contributed by atoms with Crippen LogP contribution in [0.1, 0.15) is 12.5 Å². The van der Waals surface area contributed by atoms with Crippen molar-refractivity contribution in [3.8, 4) is 0 Å². The molecule has 0 spiro atoms. The Bertz CT molecular complexity index is 571. The van der Waals surface area contributed by atoms with E-state index in [1.807, 2.05) is 42.0 Å². The van der Waals surface area contributed by atoms with Gasteiger partial charge in [-0.05, 0) is 31.1 Å². The molecule has 0 bridgehead atoms. The Labute approximate surface area is 130 Å². The number of fused-ring (bicyclic) bond motifs is 1. The van der Waals surface area contributed by atoms with Gasteiger partial charge in [-0.25, -0.2) is 0 Å². The summed E-state index contributed by atoms with van der Waals surface area (Å²) in [6, 6.07) is 5.84. The number of hydrogen-bond acceptors (Lipinski definition) is 4. The summed E-state index contributed by atoms with van der Waals surface area (Å²) in [5.74, 6) is 0.849. The van der Waals surface area contributed by atoms with E-state index in [1.165, 1.54) is 0 Å². The standard InChI is InChI=1S/C15H21ClN4O/c1-10(17)20-14(19(3)9-13(21)18-2)8-7-11-5-4-6-12(16)15(11)20/h4-6,8,10H,7,9,17H2,1-3H3,(H,18,21)/t10-/m0/s1. The lowest BCUT2D eigenvalue weighted by Crippen LogP contribution is -2.47. The first-order valence-corrected chi connectivity index (χ1v) is 7.27. The first kappa shape index (κ1) is 15.7. The number of anilines is 1. The molecule has 1 aliphatic heterocycles. The van der Waals surface area contributed by atoms with Gasteiger partial charge in [0.2, 0.25) is 5.91 Å². The van der Waals surface area contributed by atoms with Crippen LogP contribution in [-0.2, 0) is 11.2 Å². The minimum absolute atomic E-state index is 0.0482. The third-order valence-electron chi connectivity index (χ3n) is 3.52. The Kier molecular flexibility index (Phi) is 4.75. The molecule has 1 amide bonds. The number of nitrogens with two attached hydrogens (primary N) is 1. The molecule has 3 N–H and O–H groups in total. The largest absolute Gasteiger partial charge is 0.358 e. The van der Waals surface area contributed by atoms with E-state index in [0.717, 1.165) is 23.5 Å². The summed E-state index contributed by atoms with van der Waals surface area (Å²) < 4.78 is 0. The van der Waals surface area contributed by atoms with Gasteiger partial charge >= 0.3 is 0 Å². The van der Waals surface area contributed by atoms with Gasteiger partial charge in [0, 0.05) is 14.1 Å². The predicted molar refractivity (Wildman–Crippen MR) is 86.1 cm³/mol. The van der Waals surface area contributed by atoms with Gasteiger partial charge in [0.1, 0.15) is 5.82 Å². The van der Waals surface area contributed by atoms with Crippen molar-refractivity contribution in [2.75, 3.05) is 25.5 Å². The van der Waals surface area contributed by atoms with E-state index in [1.54, 1.807) is 7.05 Å². The maximum atomic E-state index is 11.6. The molecule has 2 rings (SSSR count). The summed E-state index contributed by atoms with van der Waals surface area (Å²) in [6.07, 6.45) is 2.60. The second kappa shape index (κ2) is 6.37. The Balaban J connectivity index is 2.37. The van der Waals surface area contributed by atoms with Crippen molar-refractivity contribution in [2.45, 2.75) is 19.5 Å². The minimum Gasteiger partial charge on any atom is -0.358 e. The number of rotatable bonds is 4. The van der Waals surface area contributed by atoms with Gasteiger partial charge in [0.05, 0.1) is 23.4 Å². The average molecular weight is 309 g/mol. The van der Waals surface area contributed by atoms with Gasteiger partial charge in [0.15, 0.2) is 0 Å². The molecule has 1 aromatic rings. The van der Waals surface area contributed by atoms with E-state index in [4.69, 9.17) is 17.3 Å². The van der Waals surface area contributed by atoms with Crippen LogP contribution in [-0.4, -0.2) is 37.6 Å². The second-order valence-electron chi connectivity index (χ2n) is 5.15. The number of halogens is 1. The zero-order valence-electron chi connectivity index (χ0n) is 12.6. The molecule has 21 heavy (non-hydrogen) atoms. The van der Waals surface area contributed by atoms with Gasteiger partial charge in [-0.3, -0.25) is 4.79 Å². The van der Waals surface area contributed by atoms with E-state index in [9.17, 15) is 4.79 Å². The summed E-state index contributed by atoms with van der Waals surface area (Å²) in [4.78, 5) is 15.5. The molecule has 0 saturated heterocycles. The van der Waals surface area contributed by atoms with Crippen LogP contribution in [0.4, 0.5) is 5.69 Å². The molecule has 1 heterocycles. The number of likely N-dealkylation sites (N-methyl/N-ethyl adjacent to an activating group) is 2. The van der Waals surface area contributed by atoms with Gasteiger partial charge in [-0.15, -0.1) is 0 Å². The van der Waals surface area contributed by atoms with Gasteiger partial charge in [-0.1, -0.05) is 23.7 Å². The Hall–Kier alpha value is -1.72. The first-order chi connectivity index (χ1) is 9.95. The van der Waals surface area contributed by atoms with Crippen LogP contribution in [0.3, 0.4) is 0 Å². The maximum Gasteiger partial charge on any atom is 0.239 e. The van der Waals surface area contributed by atoms with E-state index in [0.29, 0.717) is 5.02 Å². The van der Waals surface area contributed by atoms with Crippen LogP contribution in [0.15, 0.2) is 30.1 Å². The minimum atomic E-state index is -0.248. The van der Waals surface area contributed by atoms with Gasteiger partial charge < -0.3 is 20.9 Å². The fourth-order valence-electron chi connectivity index (χ4n) is 2.54. The number of carbonyl (C=O) groups is 1. The molecule has 5 nitrogen and oxygen atoms in total. The molecule has 0 aromatic heterocycles. The molecule has 1 aliphatic rings. The number of hydrogen-bond donors (Lipinski definition) is 2. The number of nitrogens with one attached hydrogen (secondary N) is 1. The number of carbonyl (C=O) groups excluding carboxylic acids is 1. The third kappa shape index (κ3) is 3.14. The Morgan fingerprint density at radius 3 is 2.90 bits per heavy atom. The molecular weight excluding hydrogens is 288 g/mol. The van der Waals surface area contributed by atoms with Crippen LogP contribution in [0.2, 0.25) is 5.02 Å². The van der Waals surface area contributed by atoms with Gasteiger partial charge in [0.25, 0.3) is 0 Å². The van der Waals surface area contributed by atoms with Crippen molar-refractivity contribution >= 4 is 23.2 Å². The van der Waals surface area contributed by atoms with Crippen molar-refractivity contribution in [2.24, 2.45) is 5.73 Å². The highest BCUT2D eigenvalue weighted by Gasteiger charge is 2.27. The van der Waals surface area contributed by atoms with E-state index in [2.05, 4.69) is 11.4 Å². The molecule has 0 unspecified atom stereocenters. The van der Waals surface area contributed by atoms with Crippen LogP contribution in [0.5, 0.6) is 0 Å². The van der Waals surface area contributed by atoms with E-state index in [-0.39, 0.29) is 18.6 Å². The van der Waals surface area contributed by atoms with Crippen LogP contribution in [0, 0.1) is 0 Å². The summed E-state index contributed by atoms with van der Waals surface area (Å²) >= 11 is 6.36. The first-order valence-electron chi connectivity index (χ1n) is 6.89. The number of nitrogens with zero attached hydrogens (tertiary/aromatic N) is 2. The molecule has 6 heteroatoms. The smallest absolute Gasteiger partial charge is 0.239 e. The molecule has 1 aromatic carbocycles. The predicted octanol–water partition coefficient (Wildman–Crippen LogP) is 1.53. The monoisotopic (exact) mass is 308 g/mol. The van der Waals surface area contributed by atoms with E-state index >= 15 is 0 Å². The zero-order valence-corrected chi connectivity index (χ0v) is 13.3. The van der Waals surface area contributed by atoms with Crippen LogP contribution in [0.25, 0.3) is 0 Å². The lowest BCUT2D eigenvalue weighted by Gasteiger charge is -2.40. The molecule has 0 saturated carbocycles. The van der Waals surface area contributed by atoms with Crippen LogP contribution >= 0.6 is 11.6 Å². The third-order valence-corrected chi connectivity index (χ3v) is 3.83. The lowest BCUT2D eigenvalue weighted by atomic mass is 10.0. The Morgan fingerprint density at radius 2 is 2.29 bits per heavy atom. The number of amides is 1. The number of allylic oxidation sites excluding steroid dienone is 1. The molecule has 114 valence electrons. The number of para-hydroxylation sites is 1. The SMILES string of the molecule is CNC(=O)CN(C)C1=CCc2cccc(Cl)c2N1[C@@H](C)N. The van der Waals surface area contributed by atoms with Crippen molar-refractivity contribution in [3.05, 3.63) is 40.7 Å². The Morgan fingerprint density at radius 1 is 1.57 bits per heavy atom. The summed E-state index contributed by atoms with van der Waals surface area (Å²) in [5.41, 5.74) is 8.20. The molecule has 0 aliphatic carbocycles. The highest BCUT2D eigenvalue weighted by molar-refractivity contribution is 6.33. The quantitative estimate of drug-likeness (QED) is 0.885. The molecule has 1 atom stereocenters. The summed E-state index contributed by atoms with van der Waals surface area (Å²) in [5, 5.41) is 3.30. The fraction of sp³-hybridized carbons (Fsp3) is 0.400. The summed E-state index contributed by atoms with van der Waals surface area (Å²) in [7, 11) is 3.50. The highest BCUT2D eigenvalue weighted by Crippen LogP contribution is 2.37. The molecular formula is C15H21ClN4O. The lowest BCUT2D eigenvalue weighted by molar-refractivity contribution is -0.121. The number of benzene rings is 1. The van der Waals surface area contributed by atoms with Gasteiger partial charge in [-0.2, -0.15) is 0 Å². The highest BCUT2D eigenvalue weighted by atomic mass is 35.5. The normalized spacial score (nSPS) is 15.1. The molecule has 0 radical (unpaired) electrons. The van der Waals surface area contributed by atoms with Crippen molar-refractivity contribution in [1.29, 1.82) is 0 Å². The van der Waals surface area contributed by atoms with Crippen molar-refractivity contribution in [1.82, 2.24) is 10.2 Å². The summed E-state index contributed by atoms with van der Waals surface area (Å²) in [6.45, 7) is 2.17.